The number of unbranched alkanes of at least 4 members (excludes halogenated alkanes) is 1. The minimum absolute atomic E-state index is 0.156. The molecule has 1 nitrogen and oxygen atoms in total. The highest BCUT2D eigenvalue weighted by molar-refractivity contribution is 4.23. The van der Waals surface area contributed by atoms with Gasteiger partial charge in [-0.05, 0) is 10.9 Å². The van der Waals surface area contributed by atoms with Crippen LogP contribution >= 0.6 is 0 Å². The van der Waals surface area contributed by atoms with Gasteiger partial charge in [-0.25, -0.2) is 0 Å². The molecule has 0 bridgehead atoms. The Morgan fingerprint density at radius 2 is 1.88 bits per heavy atom. The predicted molar refractivity (Wildman–Crippen MR) is 29.0 cm³/mol. The van der Waals surface area contributed by atoms with Gasteiger partial charge in [0, 0.05) is 0 Å². The van der Waals surface area contributed by atoms with Crippen molar-refractivity contribution in [3.05, 3.63) is 0 Å². The van der Waals surface area contributed by atoms with Gasteiger partial charge in [-0.1, -0.05) is 13.3 Å². The minimum atomic E-state index is -0.156. The Morgan fingerprint density at radius 1 is 1.50 bits per heavy atom. The molecule has 0 rings (SSSR count). The molecule has 0 saturated heterocycles. The highest BCUT2D eigenvalue weighted by atomic mass is 19.3. The third-order valence-electron chi connectivity index (χ3n) is 0.487. The topological polar surface area (TPSA) is 9.23 Å². The van der Waals surface area contributed by atoms with Crippen molar-refractivity contribution in [2.24, 2.45) is 0 Å². The summed E-state index contributed by atoms with van der Waals surface area (Å²) < 4.78 is 20.8. The Bertz CT molecular complexity index is 24.4. The molecule has 8 heavy (non-hydrogen) atoms. The van der Waals surface area contributed by atoms with Crippen LogP contribution in [0.3, 0.4) is 0 Å². The summed E-state index contributed by atoms with van der Waals surface area (Å²) in [5.74, 6) is 0. The van der Waals surface area contributed by atoms with E-state index in [1.165, 1.54) is 0 Å². The van der Waals surface area contributed by atoms with Gasteiger partial charge in [0.15, 0.2) is 0 Å². The van der Waals surface area contributed by atoms with E-state index in [0.29, 0.717) is 0 Å². The molecule has 0 aliphatic heterocycles. The molecule has 52 valence electrons. The summed E-state index contributed by atoms with van der Waals surface area (Å²) in [6.45, 7) is 1.82. The molecule has 0 unspecified atom stereocenters. The van der Waals surface area contributed by atoms with Crippen molar-refractivity contribution >= 4 is 0 Å². The summed E-state index contributed by atoms with van der Waals surface area (Å²) in [6, 6.07) is 0. The van der Waals surface area contributed by atoms with Gasteiger partial charge in [-0.3, -0.25) is 4.39 Å². The maximum atomic E-state index is 11.0. The maximum Gasteiger partial charge on any atom is 0.0894 e. The smallest absolute Gasteiger partial charge is 0.0894 e. The normalized spacial score (nSPS) is 7.50. The zero-order valence-electron chi connectivity index (χ0n) is 5.29. The lowest BCUT2D eigenvalue weighted by Crippen LogP contribution is -1.67. The quantitative estimate of drug-likeness (QED) is 0.551. The van der Waals surface area contributed by atoms with Gasteiger partial charge in [-0.2, -0.15) is 4.94 Å². The van der Waals surface area contributed by atoms with E-state index in [9.17, 15) is 8.92 Å². The second-order valence-electron chi connectivity index (χ2n) is 1.20. The number of hydrogen-bond acceptors (Lipinski definition) is 1. The predicted octanol–water partition coefficient (Wildman–Crippen LogP) is 2.27. The lowest BCUT2D eigenvalue weighted by atomic mass is 10.4. The third-order valence-corrected chi connectivity index (χ3v) is 0.487. The fraction of sp³-hybridized carbons (Fsp3) is 1.00. The van der Waals surface area contributed by atoms with E-state index >= 15 is 0 Å². The summed E-state index contributed by atoms with van der Waals surface area (Å²) in [5, 5.41) is 0. The number of hydrogen-bond donors (Lipinski definition) is 0. The molecule has 0 atom stereocenters. The molecule has 0 aromatic heterocycles. The van der Waals surface area contributed by atoms with Crippen molar-refractivity contribution in [1.82, 2.24) is 0 Å². The second-order valence-corrected chi connectivity index (χ2v) is 1.20. The molecule has 0 amide bonds. The van der Waals surface area contributed by atoms with Gasteiger partial charge in [0.2, 0.25) is 0 Å². The van der Waals surface area contributed by atoms with E-state index in [2.05, 4.69) is 4.94 Å². The fourth-order valence-corrected chi connectivity index (χ4v) is 0.134. The number of alkyl halides is 1. The summed E-state index contributed by atoms with van der Waals surface area (Å²) in [5.41, 5.74) is 0. The van der Waals surface area contributed by atoms with Crippen molar-refractivity contribution < 1.29 is 13.9 Å². The monoisotopic (exact) mass is 126 g/mol. The Balaban J connectivity index is 0. The van der Waals surface area contributed by atoms with Crippen LogP contribution in [0.2, 0.25) is 0 Å². The van der Waals surface area contributed by atoms with Crippen molar-refractivity contribution in [2.75, 3.05) is 13.8 Å². The SMILES string of the molecule is CCCCF.COF. The van der Waals surface area contributed by atoms with Crippen LogP contribution in [0.5, 0.6) is 0 Å². The Hall–Kier alpha value is -0.180. The van der Waals surface area contributed by atoms with Gasteiger partial charge < -0.3 is 0 Å². The lowest BCUT2D eigenvalue weighted by Gasteiger charge is -1.76. The van der Waals surface area contributed by atoms with Crippen molar-refractivity contribution in [3.63, 3.8) is 0 Å². The summed E-state index contributed by atoms with van der Waals surface area (Å²) in [4.78, 5) is 2.75. The molecular formula is C5H12F2O. The van der Waals surface area contributed by atoms with Gasteiger partial charge in [0.25, 0.3) is 0 Å². The molecule has 0 aliphatic rings. The van der Waals surface area contributed by atoms with Crippen LogP contribution in [-0.2, 0) is 4.94 Å². The van der Waals surface area contributed by atoms with Crippen LogP contribution in [0.4, 0.5) is 8.92 Å². The third kappa shape index (κ3) is 40.8. The van der Waals surface area contributed by atoms with Crippen LogP contribution < -0.4 is 0 Å². The van der Waals surface area contributed by atoms with Crippen LogP contribution in [0, 0.1) is 0 Å². The zero-order chi connectivity index (χ0) is 6.83. The van der Waals surface area contributed by atoms with Crippen LogP contribution in [0.15, 0.2) is 0 Å². The van der Waals surface area contributed by atoms with E-state index in [1.807, 2.05) is 6.92 Å². The van der Waals surface area contributed by atoms with Gasteiger partial charge in [0.1, 0.15) is 0 Å². The maximum absolute atomic E-state index is 11.0. The van der Waals surface area contributed by atoms with Crippen molar-refractivity contribution in [2.45, 2.75) is 19.8 Å². The molecule has 3 heteroatoms. The van der Waals surface area contributed by atoms with Gasteiger partial charge in [0.05, 0.1) is 13.8 Å². The Kier molecular flexibility index (Phi) is 21.2. The molecule has 0 aliphatic carbocycles. The molecule has 0 fully saturated rings. The summed E-state index contributed by atoms with van der Waals surface area (Å²) in [6.07, 6.45) is 1.69. The van der Waals surface area contributed by atoms with E-state index in [0.717, 1.165) is 20.0 Å². The average Bonchev–Trinajstić information content (AvgIpc) is 1.71. The molecule has 0 aromatic rings. The van der Waals surface area contributed by atoms with Crippen molar-refractivity contribution in [3.8, 4) is 0 Å². The van der Waals surface area contributed by atoms with Gasteiger partial charge >= 0.3 is 0 Å². The standard InChI is InChI=1S/C4H9F.CH3FO/c1-2-3-4-5;1-3-2/h2-4H2,1H3;1H3. The Labute approximate surface area is 48.5 Å². The highest BCUT2D eigenvalue weighted by Crippen LogP contribution is 1.83. The molecule has 0 saturated carbocycles. The fourth-order valence-electron chi connectivity index (χ4n) is 0.134. The van der Waals surface area contributed by atoms with Gasteiger partial charge in [-0.15, -0.1) is 0 Å². The minimum Gasteiger partial charge on any atom is -0.251 e. The first kappa shape index (κ1) is 10.7. The average molecular weight is 126 g/mol. The molecular weight excluding hydrogens is 114 g/mol. The molecule has 0 spiro atoms. The molecule has 0 aromatic carbocycles. The number of halogens is 2. The largest absolute Gasteiger partial charge is 0.251 e. The lowest BCUT2D eigenvalue weighted by molar-refractivity contribution is -0.0960. The Morgan fingerprint density at radius 3 is 1.88 bits per heavy atom. The molecule has 0 radical (unpaired) electrons. The highest BCUT2D eigenvalue weighted by Gasteiger charge is 1.71. The summed E-state index contributed by atoms with van der Waals surface area (Å²) >= 11 is 0. The second kappa shape index (κ2) is 15.8. The van der Waals surface area contributed by atoms with E-state index < -0.39 is 0 Å². The zero-order valence-corrected chi connectivity index (χ0v) is 5.29. The summed E-state index contributed by atoms with van der Waals surface area (Å²) in [7, 11) is 0.958. The van der Waals surface area contributed by atoms with E-state index in [-0.39, 0.29) is 6.67 Å². The molecule has 0 heterocycles. The first-order valence-corrected chi connectivity index (χ1v) is 2.54. The van der Waals surface area contributed by atoms with Crippen LogP contribution in [-0.4, -0.2) is 13.8 Å². The van der Waals surface area contributed by atoms with Crippen LogP contribution in [0.25, 0.3) is 0 Å². The van der Waals surface area contributed by atoms with Crippen molar-refractivity contribution in [1.29, 1.82) is 0 Å². The van der Waals surface area contributed by atoms with Crippen LogP contribution in [0.1, 0.15) is 19.8 Å². The first-order chi connectivity index (χ1) is 3.83. The first-order valence-electron chi connectivity index (χ1n) is 2.54. The molecule has 0 N–H and O–H groups in total. The van der Waals surface area contributed by atoms with E-state index in [4.69, 9.17) is 0 Å². The van der Waals surface area contributed by atoms with E-state index in [1.54, 1.807) is 0 Å². The number of rotatable bonds is 2.